The van der Waals surface area contributed by atoms with Crippen LogP contribution in [0.5, 0.6) is 0 Å². The minimum atomic E-state index is -1.15. The van der Waals surface area contributed by atoms with Gasteiger partial charge >= 0.3 is 0 Å². The Labute approximate surface area is 136 Å². The zero-order chi connectivity index (χ0) is 15.2. The van der Waals surface area contributed by atoms with Gasteiger partial charge in [-0.1, -0.05) is 31.0 Å². The summed E-state index contributed by atoms with van der Waals surface area (Å²) < 4.78 is 0. The summed E-state index contributed by atoms with van der Waals surface area (Å²) in [5.41, 5.74) is 1.37. The van der Waals surface area contributed by atoms with Crippen LogP contribution in [0.3, 0.4) is 0 Å². The van der Waals surface area contributed by atoms with Gasteiger partial charge in [-0.3, -0.25) is 4.79 Å². The van der Waals surface area contributed by atoms with E-state index >= 15 is 0 Å². The van der Waals surface area contributed by atoms with Crippen LogP contribution in [0.1, 0.15) is 44.1 Å². The van der Waals surface area contributed by atoms with E-state index < -0.39 is 5.60 Å². The van der Waals surface area contributed by atoms with Crippen molar-refractivity contribution in [3.8, 4) is 0 Å². The number of para-hydroxylation sites is 1. The van der Waals surface area contributed by atoms with Crippen molar-refractivity contribution in [2.45, 2.75) is 49.5 Å². The first kappa shape index (κ1) is 14.6. The second kappa shape index (κ2) is 5.27. The number of hydrogen-bond donors (Lipinski definition) is 1. The summed E-state index contributed by atoms with van der Waals surface area (Å²) in [5, 5.41) is 10.9. The Morgan fingerprint density at radius 3 is 2.50 bits per heavy atom. The van der Waals surface area contributed by atoms with Crippen molar-refractivity contribution < 1.29 is 9.90 Å². The molecule has 0 atom stereocenters. The highest BCUT2D eigenvalue weighted by atomic mass is 32.2. The molecule has 118 valence electrons. The van der Waals surface area contributed by atoms with Crippen molar-refractivity contribution in [3.63, 3.8) is 0 Å². The molecule has 1 saturated carbocycles. The van der Waals surface area contributed by atoms with E-state index in [-0.39, 0.29) is 11.3 Å². The molecule has 22 heavy (non-hydrogen) atoms. The predicted molar refractivity (Wildman–Crippen MR) is 90.4 cm³/mol. The molecule has 0 unspecified atom stereocenters. The number of hydrogen-bond acceptors (Lipinski definition) is 3. The number of nitrogens with zero attached hydrogens (tertiary/aromatic N) is 1. The Morgan fingerprint density at radius 2 is 1.77 bits per heavy atom. The lowest BCUT2D eigenvalue weighted by molar-refractivity contribution is -0.137. The van der Waals surface area contributed by atoms with Crippen molar-refractivity contribution in [2.24, 2.45) is 0 Å². The van der Waals surface area contributed by atoms with E-state index in [9.17, 15) is 9.90 Å². The largest absolute Gasteiger partial charge is 0.380 e. The fraction of sp³-hybridized carbons (Fsp3) is 0.611. The third-order valence-corrected chi connectivity index (χ3v) is 6.74. The number of carbonyl (C=O) groups excluding carboxylic acids is 1. The maximum Gasteiger partial charge on any atom is 0.259 e. The molecule has 4 rings (SSSR count). The molecule has 1 aromatic rings. The number of carbonyl (C=O) groups is 1. The summed E-state index contributed by atoms with van der Waals surface area (Å²) >= 11 is 1.83. The average Bonchev–Trinajstić information content (AvgIpc) is 3.14. The molecule has 0 radical (unpaired) electrons. The molecular weight excluding hydrogens is 294 g/mol. The lowest BCUT2D eigenvalue weighted by atomic mass is 9.81. The van der Waals surface area contributed by atoms with Crippen LogP contribution in [0.25, 0.3) is 0 Å². The first-order valence-electron chi connectivity index (χ1n) is 8.36. The summed E-state index contributed by atoms with van der Waals surface area (Å²) in [5.74, 6) is 1.69. The third kappa shape index (κ3) is 2.11. The van der Waals surface area contributed by atoms with E-state index in [2.05, 4.69) is 18.2 Å². The van der Waals surface area contributed by atoms with Crippen molar-refractivity contribution in [1.82, 2.24) is 0 Å². The summed E-state index contributed by atoms with van der Waals surface area (Å²) in [6.07, 6.45) is 6.00. The topological polar surface area (TPSA) is 40.5 Å². The molecule has 1 aliphatic carbocycles. The average molecular weight is 317 g/mol. The molecule has 1 aromatic carbocycles. The van der Waals surface area contributed by atoms with Gasteiger partial charge < -0.3 is 10.0 Å². The van der Waals surface area contributed by atoms with Crippen LogP contribution in [-0.2, 0) is 10.2 Å². The fourth-order valence-corrected chi connectivity index (χ4v) is 5.63. The Hall–Kier alpha value is -1.00. The van der Waals surface area contributed by atoms with Crippen molar-refractivity contribution in [1.29, 1.82) is 0 Å². The Bertz CT molecular complexity index is 589. The molecule has 1 saturated heterocycles. The van der Waals surface area contributed by atoms with E-state index in [1.165, 1.54) is 31.2 Å². The molecule has 0 bridgehead atoms. The second-order valence-corrected chi connectivity index (χ2v) is 8.26. The lowest BCUT2D eigenvalue weighted by Crippen LogP contribution is -2.51. The van der Waals surface area contributed by atoms with Gasteiger partial charge in [0.2, 0.25) is 0 Å². The molecule has 4 heteroatoms. The Morgan fingerprint density at radius 1 is 1.09 bits per heavy atom. The standard InChI is InChI=1S/C18H23NO2S/c20-16(18(21)9-11-22-12-10-18)19-13-17(7-3-4-8-17)14-5-1-2-6-15(14)19/h1-2,5-6,21H,3-4,7-13H2. The summed E-state index contributed by atoms with van der Waals surface area (Å²) in [4.78, 5) is 15.0. The minimum Gasteiger partial charge on any atom is -0.380 e. The zero-order valence-electron chi connectivity index (χ0n) is 12.9. The number of thioether (sulfide) groups is 1. The second-order valence-electron chi connectivity index (χ2n) is 7.04. The smallest absolute Gasteiger partial charge is 0.259 e. The highest BCUT2D eigenvalue weighted by Gasteiger charge is 2.50. The first-order valence-corrected chi connectivity index (χ1v) is 9.52. The maximum absolute atomic E-state index is 13.1. The molecule has 1 N–H and O–H groups in total. The molecular formula is C18H23NO2S. The highest BCUT2D eigenvalue weighted by molar-refractivity contribution is 7.99. The normalized spacial score (nSPS) is 25.4. The van der Waals surface area contributed by atoms with E-state index in [4.69, 9.17) is 0 Å². The Kier molecular flexibility index (Phi) is 3.50. The summed E-state index contributed by atoms with van der Waals surface area (Å²) in [7, 11) is 0. The van der Waals surface area contributed by atoms with Gasteiger partial charge in [0.15, 0.2) is 0 Å². The minimum absolute atomic E-state index is 0.0657. The number of anilines is 1. The quantitative estimate of drug-likeness (QED) is 0.865. The molecule has 3 nitrogen and oxygen atoms in total. The van der Waals surface area contributed by atoms with E-state index in [1.807, 2.05) is 22.7 Å². The molecule has 2 heterocycles. The highest BCUT2D eigenvalue weighted by Crippen LogP contribution is 2.51. The zero-order valence-corrected chi connectivity index (χ0v) is 13.7. The predicted octanol–water partition coefficient (Wildman–Crippen LogP) is 3.10. The third-order valence-electron chi connectivity index (χ3n) is 5.75. The first-order chi connectivity index (χ1) is 10.6. The van der Waals surface area contributed by atoms with Crippen LogP contribution in [0.4, 0.5) is 5.69 Å². The summed E-state index contributed by atoms with van der Waals surface area (Å²) in [6.45, 7) is 0.765. The van der Waals surface area contributed by atoms with Crippen LogP contribution in [0, 0.1) is 0 Å². The van der Waals surface area contributed by atoms with Crippen LogP contribution in [0.2, 0.25) is 0 Å². The van der Waals surface area contributed by atoms with Crippen LogP contribution >= 0.6 is 11.8 Å². The number of benzene rings is 1. The molecule has 1 spiro atoms. The SMILES string of the molecule is O=C(N1CC2(CCCC2)c2ccccc21)C1(O)CCSCC1. The van der Waals surface area contributed by atoms with E-state index in [0.717, 1.165) is 23.7 Å². The van der Waals surface area contributed by atoms with Gasteiger partial charge in [-0.05, 0) is 48.8 Å². The summed E-state index contributed by atoms with van der Waals surface area (Å²) in [6, 6.07) is 8.34. The number of aliphatic hydroxyl groups is 1. The molecule has 2 aliphatic heterocycles. The van der Waals surface area contributed by atoms with Crippen LogP contribution in [-0.4, -0.2) is 34.7 Å². The van der Waals surface area contributed by atoms with Gasteiger partial charge in [-0.25, -0.2) is 0 Å². The van der Waals surface area contributed by atoms with Gasteiger partial charge in [0.1, 0.15) is 5.60 Å². The Balaban J connectivity index is 1.70. The van der Waals surface area contributed by atoms with Crippen LogP contribution in [0.15, 0.2) is 24.3 Å². The lowest BCUT2D eigenvalue weighted by Gasteiger charge is -2.35. The van der Waals surface area contributed by atoms with Gasteiger partial charge in [0.05, 0.1) is 0 Å². The van der Waals surface area contributed by atoms with Gasteiger partial charge in [-0.15, -0.1) is 0 Å². The van der Waals surface area contributed by atoms with Gasteiger partial charge in [-0.2, -0.15) is 11.8 Å². The molecule has 3 aliphatic rings. The van der Waals surface area contributed by atoms with Crippen molar-refractivity contribution >= 4 is 23.4 Å². The van der Waals surface area contributed by atoms with Crippen LogP contribution < -0.4 is 4.90 Å². The monoisotopic (exact) mass is 317 g/mol. The molecule has 1 amide bonds. The maximum atomic E-state index is 13.1. The number of rotatable bonds is 1. The van der Waals surface area contributed by atoms with Crippen molar-refractivity contribution in [2.75, 3.05) is 23.0 Å². The molecule has 0 aromatic heterocycles. The van der Waals surface area contributed by atoms with E-state index in [1.54, 1.807) is 0 Å². The number of amides is 1. The fourth-order valence-electron chi connectivity index (χ4n) is 4.47. The number of fused-ring (bicyclic) bond motifs is 2. The van der Waals surface area contributed by atoms with Gasteiger partial charge in [0, 0.05) is 17.6 Å². The van der Waals surface area contributed by atoms with E-state index in [0.29, 0.717) is 12.8 Å². The molecule has 2 fully saturated rings. The van der Waals surface area contributed by atoms with Gasteiger partial charge in [0.25, 0.3) is 5.91 Å². The van der Waals surface area contributed by atoms with Crippen molar-refractivity contribution in [3.05, 3.63) is 29.8 Å².